The number of hydrogen-bond donors (Lipinski definition) is 2. The molecule has 0 spiro atoms. The van der Waals surface area contributed by atoms with E-state index in [-0.39, 0.29) is 11.6 Å². The summed E-state index contributed by atoms with van der Waals surface area (Å²) in [6, 6.07) is 4.55. The van der Waals surface area contributed by atoms with Gasteiger partial charge in [-0.2, -0.15) is 0 Å². The van der Waals surface area contributed by atoms with Gasteiger partial charge in [0.1, 0.15) is 0 Å². The summed E-state index contributed by atoms with van der Waals surface area (Å²) < 4.78 is 0. The van der Waals surface area contributed by atoms with E-state index in [0.717, 1.165) is 0 Å². The molecule has 0 saturated carbocycles. The molecule has 0 aromatic heterocycles. The molecule has 0 saturated heterocycles. The number of hydrogen-bond acceptors (Lipinski definition) is 4. The molecule has 6 nitrogen and oxygen atoms in total. The minimum atomic E-state index is -0.462. The summed E-state index contributed by atoms with van der Waals surface area (Å²) in [6.45, 7) is 2.81. The maximum Gasteiger partial charge on any atom is 0.275 e. The van der Waals surface area contributed by atoms with Crippen LogP contribution in [-0.4, -0.2) is 23.9 Å². The van der Waals surface area contributed by atoms with Crippen LogP contribution in [0.25, 0.3) is 0 Å². The summed E-state index contributed by atoms with van der Waals surface area (Å²) >= 11 is 5.71. The van der Waals surface area contributed by atoms with Crippen LogP contribution in [-0.2, 0) is 11.3 Å². The van der Waals surface area contributed by atoms with E-state index in [1.54, 1.807) is 12.1 Å². The molecule has 0 unspecified atom stereocenters. The monoisotopic (exact) mass is 271 g/mol. The molecule has 0 aliphatic heterocycles. The molecule has 2 N–H and O–H groups in total. The number of nitro groups is 1. The quantitative estimate of drug-likeness (QED) is 0.466. The third-order valence-electron chi connectivity index (χ3n) is 2.24. The Morgan fingerprint density at radius 2 is 2.17 bits per heavy atom. The van der Waals surface area contributed by atoms with E-state index in [1.165, 1.54) is 13.0 Å². The lowest BCUT2D eigenvalue weighted by Gasteiger charge is -2.06. The highest BCUT2D eigenvalue weighted by molar-refractivity contribution is 6.30. The second kappa shape index (κ2) is 6.93. The number of nitro benzene ring substituents is 1. The van der Waals surface area contributed by atoms with E-state index in [4.69, 9.17) is 11.6 Å². The zero-order valence-corrected chi connectivity index (χ0v) is 10.7. The number of halogens is 1. The van der Waals surface area contributed by atoms with Gasteiger partial charge in [0.05, 0.1) is 4.92 Å². The number of amides is 1. The number of nitrogens with one attached hydrogen (secondary N) is 2. The van der Waals surface area contributed by atoms with Gasteiger partial charge in [-0.15, -0.1) is 0 Å². The van der Waals surface area contributed by atoms with E-state index < -0.39 is 4.92 Å². The van der Waals surface area contributed by atoms with Gasteiger partial charge in [-0.1, -0.05) is 11.6 Å². The van der Waals surface area contributed by atoms with Gasteiger partial charge >= 0.3 is 0 Å². The topological polar surface area (TPSA) is 84.3 Å². The van der Waals surface area contributed by atoms with E-state index in [0.29, 0.717) is 30.2 Å². The molecule has 0 bridgehead atoms. The van der Waals surface area contributed by atoms with Crippen LogP contribution in [0.4, 0.5) is 5.69 Å². The van der Waals surface area contributed by atoms with Gasteiger partial charge < -0.3 is 10.6 Å². The van der Waals surface area contributed by atoms with Gasteiger partial charge in [0.25, 0.3) is 5.69 Å². The van der Waals surface area contributed by atoms with E-state index in [9.17, 15) is 14.9 Å². The number of carbonyl (C=O) groups excluding carboxylic acids is 1. The molecule has 0 radical (unpaired) electrons. The minimum absolute atomic E-state index is 0.00507. The number of benzene rings is 1. The highest BCUT2D eigenvalue weighted by Crippen LogP contribution is 2.22. The van der Waals surface area contributed by atoms with Crippen molar-refractivity contribution in [2.24, 2.45) is 0 Å². The van der Waals surface area contributed by atoms with Crippen molar-refractivity contribution < 1.29 is 9.72 Å². The summed E-state index contributed by atoms with van der Waals surface area (Å²) in [6.07, 6.45) is 0. The fraction of sp³-hybridized carbons (Fsp3) is 0.364. The number of carbonyl (C=O) groups is 1. The second-order valence-electron chi connectivity index (χ2n) is 3.69. The summed E-state index contributed by atoms with van der Waals surface area (Å²) in [4.78, 5) is 21.0. The average Bonchev–Trinajstić information content (AvgIpc) is 2.29. The van der Waals surface area contributed by atoms with Gasteiger partial charge in [0, 0.05) is 43.2 Å². The second-order valence-corrected chi connectivity index (χ2v) is 4.13. The molecular formula is C11H14ClN3O3. The molecule has 7 heteroatoms. The van der Waals surface area contributed by atoms with Crippen LogP contribution in [0.1, 0.15) is 12.5 Å². The first-order valence-corrected chi connectivity index (χ1v) is 5.76. The molecule has 1 amide bonds. The number of rotatable bonds is 6. The predicted molar refractivity (Wildman–Crippen MR) is 68.5 cm³/mol. The lowest BCUT2D eigenvalue weighted by Crippen LogP contribution is -2.30. The molecule has 1 aromatic rings. The molecule has 0 atom stereocenters. The minimum Gasteiger partial charge on any atom is -0.355 e. The normalized spacial score (nSPS) is 10.1. The molecule has 98 valence electrons. The van der Waals surface area contributed by atoms with E-state index in [2.05, 4.69) is 10.6 Å². The molecule has 0 heterocycles. The van der Waals surface area contributed by atoms with Crippen molar-refractivity contribution in [3.8, 4) is 0 Å². The Balaban J connectivity index is 2.51. The maximum atomic E-state index is 10.8. The van der Waals surface area contributed by atoms with Crippen LogP contribution in [0.15, 0.2) is 18.2 Å². The van der Waals surface area contributed by atoms with E-state index in [1.807, 2.05) is 0 Å². The van der Waals surface area contributed by atoms with Crippen LogP contribution in [0, 0.1) is 10.1 Å². The zero-order chi connectivity index (χ0) is 13.5. The third-order valence-corrected chi connectivity index (χ3v) is 2.47. The van der Waals surface area contributed by atoms with Gasteiger partial charge in [0.2, 0.25) is 5.91 Å². The molecule has 0 aliphatic carbocycles. The molecule has 0 fully saturated rings. The summed E-state index contributed by atoms with van der Waals surface area (Å²) in [5.41, 5.74) is 0.557. The SMILES string of the molecule is CC(=O)NCCNCc1ccc(Cl)cc1[N+](=O)[O-]. The Morgan fingerprint density at radius 3 is 2.78 bits per heavy atom. The fourth-order valence-corrected chi connectivity index (χ4v) is 1.57. The first kappa shape index (κ1) is 14.4. The Morgan fingerprint density at radius 1 is 1.44 bits per heavy atom. The van der Waals surface area contributed by atoms with Crippen LogP contribution >= 0.6 is 11.6 Å². The molecule has 18 heavy (non-hydrogen) atoms. The lowest BCUT2D eigenvalue weighted by molar-refractivity contribution is -0.385. The maximum absolute atomic E-state index is 10.8. The highest BCUT2D eigenvalue weighted by atomic mass is 35.5. The van der Waals surface area contributed by atoms with Crippen molar-refractivity contribution >= 4 is 23.2 Å². The summed E-state index contributed by atoms with van der Waals surface area (Å²) in [5, 5.41) is 16.8. The predicted octanol–water partition coefficient (Wildman–Crippen LogP) is 1.47. The Bertz CT molecular complexity index is 451. The largest absolute Gasteiger partial charge is 0.355 e. The van der Waals surface area contributed by atoms with Crippen molar-refractivity contribution in [2.45, 2.75) is 13.5 Å². The Labute approximate surface area is 109 Å². The summed E-state index contributed by atoms with van der Waals surface area (Å²) in [7, 11) is 0. The Hall–Kier alpha value is -1.66. The molecule has 1 aromatic carbocycles. The molecular weight excluding hydrogens is 258 g/mol. The molecule has 1 rings (SSSR count). The first-order valence-electron chi connectivity index (χ1n) is 5.38. The van der Waals surface area contributed by atoms with Crippen molar-refractivity contribution in [1.82, 2.24) is 10.6 Å². The van der Waals surface area contributed by atoms with Crippen molar-refractivity contribution in [3.63, 3.8) is 0 Å². The molecule has 0 aliphatic rings. The van der Waals surface area contributed by atoms with Crippen molar-refractivity contribution in [1.29, 1.82) is 0 Å². The van der Waals surface area contributed by atoms with Gasteiger partial charge in [-0.25, -0.2) is 0 Å². The fourth-order valence-electron chi connectivity index (χ4n) is 1.41. The lowest BCUT2D eigenvalue weighted by atomic mass is 10.2. The van der Waals surface area contributed by atoms with Crippen molar-refractivity contribution in [3.05, 3.63) is 38.9 Å². The van der Waals surface area contributed by atoms with Crippen LogP contribution in [0.3, 0.4) is 0 Å². The summed E-state index contributed by atoms with van der Waals surface area (Å²) in [5.74, 6) is -0.103. The smallest absolute Gasteiger partial charge is 0.275 e. The van der Waals surface area contributed by atoms with Crippen LogP contribution in [0.2, 0.25) is 5.02 Å². The average molecular weight is 272 g/mol. The number of nitrogens with zero attached hydrogens (tertiary/aromatic N) is 1. The van der Waals surface area contributed by atoms with Crippen LogP contribution in [0.5, 0.6) is 0 Å². The van der Waals surface area contributed by atoms with Crippen molar-refractivity contribution in [2.75, 3.05) is 13.1 Å². The van der Waals surface area contributed by atoms with Gasteiger partial charge in [0.15, 0.2) is 0 Å². The van der Waals surface area contributed by atoms with E-state index >= 15 is 0 Å². The van der Waals surface area contributed by atoms with Gasteiger partial charge in [-0.3, -0.25) is 14.9 Å². The zero-order valence-electron chi connectivity index (χ0n) is 9.90. The standard InChI is InChI=1S/C11H14ClN3O3/c1-8(16)14-5-4-13-7-9-2-3-10(12)6-11(9)15(17)18/h2-3,6,13H,4-5,7H2,1H3,(H,14,16). The third kappa shape index (κ3) is 4.68. The van der Waals surface area contributed by atoms with Crippen LogP contribution < -0.4 is 10.6 Å². The highest BCUT2D eigenvalue weighted by Gasteiger charge is 2.13. The Kier molecular flexibility index (Phi) is 5.54. The van der Waals surface area contributed by atoms with Gasteiger partial charge in [-0.05, 0) is 12.1 Å². The first-order chi connectivity index (χ1) is 8.50.